The topological polar surface area (TPSA) is 61.9 Å². The summed E-state index contributed by atoms with van der Waals surface area (Å²) in [7, 11) is 0. The van der Waals surface area contributed by atoms with Crippen LogP contribution in [0.4, 0.5) is 4.79 Å². The molecule has 6 heteroatoms. The van der Waals surface area contributed by atoms with Crippen LogP contribution in [-0.2, 0) is 9.53 Å². The number of nitrogens with zero attached hydrogens (tertiary/aromatic N) is 2. The number of carbonyl (C=O) groups is 2. The molecule has 0 aromatic rings. The average molecular weight is 366 g/mol. The zero-order chi connectivity index (χ0) is 18.4. The highest BCUT2D eigenvalue weighted by molar-refractivity contribution is 5.81. The van der Waals surface area contributed by atoms with Crippen molar-refractivity contribution in [3.63, 3.8) is 0 Å². The Hall–Kier alpha value is -1.30. The molecule has 2 aliphatic heterocycles. The second kappa shape index (κ2) is 9.58. The molecule has 1 saturated carbocycles. The standard InChI is InChI=1S/C20H35N3O3/c1-2-26-15-16-7-5-11-22(13-16)19(24)17-8-6-12-23(14-17)20(25)21-18-9-3-4-10-18/h16-18H,2-15H2,1H3,(H,21,25). The number of nitrogens with one attached hydrogen (secondary N) is 1. The number of amides is 3. The first kappa shape index (κ1) is 19.5. The number of rotatable bonds is 5. The molecule has 0 spiro atoms. The number of piperidine rings is 2. The van der Waals surface area contributed by atoms with E-state index in [9.17, 15) is 9.59 Å². The number of hydrogen-bond donors (Lipinski definition) is 1. The maximum absolute atomic E-state index is 13.0. The fraction of sp³-hybridized carbons (Fsp3) is 0.900. The van der Waals surface area contributed by atoms with E-state index in [0.717, 1.165) is 71.4 Å². The predicted molar refractivity (Wildman–Crippen MR) is 101 cm³/mol. The van der Waals surface area contributed by atoms with Crippen LogP contribution < -0.4 is 5.32 Å². The number of ether oxygens (including phenoxy) is 1. The zero-order valence-electron chi connectivity index (χ0n) is 16.3. The van der Waals surface area contributed by atoms with Crippen molar-refractivity contribution in [1.82, 2.24) is 15.1 Å². The van der Waals surface area contributed by atoms with Gasteiger partial charge in [0.25, 0.3) is 0 Å². The normalized spacial score (nSPS) is 27.6. The van der Waals surface area contributed by atoms with Crippen molar-refractivity contribution in [2.45, 2.75) is 64.3 Å². The van der Waals surface area contributed by atoms with E-state index in [1.54, 1.807) is 0 Å². The van der Waals surface area contributed by atoms with E-state index in [1.807, 2.05) is 16.7 Å². The molecular formula is C20H35N3O3. The van der Waals surface area contributed by atoms with Gasteiger partial charge in [-0.05, 0) is 51.4 Å². The van der Waals surface area contributed by atoms with Crippen LogP contribution in [0.1, 0.15) is 58.3 Å². The summed E-state index contributed by atoms with van der Waals surface area (Å²) in [4.78, 5) is 29.4. The van der Waals surface area contributed by atoms with Crippen LogP contribution in [0.3, 0.4) is 0 Å². The van der Waals surface area contributed by atoms with Gasteiger partial charge in [0.2, 0.25) is 5.91 Å². The molecule has 3 amide bonds. The Morgan fingerprint density at radius 1 is 0.962 bits per heavy atom. The Kier molecular flexibility index (Phi) is 7.17. The van der Waals surface area contributed by atoms with E-state index in [0.29, 0.717) is 18.5 Å². The number of urea groups is 1. The molecular weight excluding hydrogens is 330 g/mol. The molecule has 0 bridgehead atoms. The van der Waals surface area contributed by atoms with Gasteiger partial charge in [0.05, 0.1) is 12.5 Å². The third-order valence-electron chi connectivity index (χ3n) is 6.13. The molecule has 148 valence electrons. The summed E-state index contributed by atoms with van der Waals surface area (Å²) >= 11 is 0. The van der Waals surface area contributed by atoms with Crippen LogP contribution in [0.5, 0.6) is 0 Å². The SMILES string of the molecule is CCOCC1CCCN(C(=O)C2CCCN(C(=O)NC3CCCC3)C2)C1. The lowest BCUT2D eigenvalue weighted by atomic mass is 9.93. The van der Waals surface area contributed by atoms with Crippen molar-refractivity contribution in [3.05, 3.63) is 0 Å². The summed E-state index contributed by atoms with van der Waals surface area (Å²) in [5, 5.41) is 3.16. The van der Waals surface area contributed by atoms with Gasteiger partial charge in [0.1, 0.15) is 0 Å². The van der Waals surface area contributed by atoms with E-state index in [4.69, 9.17) is 4.74 Å². The van der Waals surface area contributed by atoms with Crippen LogP contribution >= 0.6 is 0 Å². The average Bonchev–Trinajstić information content (AvgIpc) is 3.19. The van der Waals surface area contributed by atoms with Gasteiger partial charge in [0.15, 0.2) is 0 Å². The van der Waals surface area contributed by atoms with E-state index in [-0.39, 0.29) is 17.9 Å². The lowest BCUT2D eigenvalue weighted by molar-refractivity contribution is -0.139. The van der Waals surface area contributed by atoms with Crippen LogP contribution in [0.2, 0.25) is 0 Å². The Bertz CT molecular complexity index is 479. The van der Waals surface area contributed by atoms with E-state index in [2.05, 4.69) is 5.32 Å². The molecule has 2 saturated heterocycles. The minimum absolute atomic E-state index is 0.0299. The maximum atomic E-state index is 13.0. The van der Waals surface area contributed by atoms with Crippen molar-refractivity contribution < 1.29 is 14.3 Å². The minimum atomic E-state index is -0.0380. The monoisotopic (exact) mass is 365 g/mol. The molecule has 1 N–H and O–H groups in total. The highest BCUT2D eigenvalue weighted by Crippen LogP contribution is 2.24. The molecule has 3 rings (SSSR count). The third-order valence-corrected chi connectivity index (χ3v) is 6.13. The largest absolute Gasteiger partial charge is 0.381 e. The minimum Gasteiger partial charge on any atom is -0.381 e. The van der Waals surface area contributed by atoms with E-state index < -0.39 is 0 Å². The molecule has 26 heavy (non-hydrogen) atoms. The summed E-state index contributed by atoms with van der Waals surface area (Å²) in [5.74, 6) is 0.659. The van der Waals surface area contributed by atoms with Crippen molar-refractivity contribution >= 4 is 11.9 Å². The molecule has 2 atom stereocenters. The molecule has 1 aliphatic carbocycles. The van der Waals surface area contributed by atoms with Crippen LogP contribution in [0.25, 0.3) is 0 Å². The Balaban J connectivity index is 1.49. The van der Waals surface area contributed by atoms with Gasteiger partial charge in [-0.3, -0.25) is 4.79 Å². The summed E-state index contributed by atoms with van der Waals surface area (Å²) in [6.07, 6.45) is 8.64. The second-order valence-electron chi connectivity index (χ2n) is 8.17. The van der Waals surface area contributed by atoms with E-state index in [1.165, 1.54) is 12.8 Å². The van der Waals surface area contributed by atoms with Gasteiger partial charge in [0, 0.05) is 38.8 Å². The van der Waals surface area contributed by atoms with Crippen molar-refractivity contribution in [2.75, 3.05) is 39.4 Å². The molecule has 6 nitrogen and oxygen atoms in total. The first-order chi connectivity index (χ1) is 12.7. The number of carbonyl (C=O) groups excluding carboxylic acids is 2. The highest BCUT2D eigenvalue weighted by Gasteiger charge is 2.34. The fourth-order valence-corrected chi connectivity index (χ4v) is 4.64. The molecule has 0 radical (unpaired) electrons. The summed E-state index contributed by atoms with van der Waals surface area (Å²) < 4.78 is 5.56. The van der Waals surface area contributed by atoms with Gasteiger partial charge in [-0.15, -0.1) is 0 Å². The highest BCUT2D eigenvalue weighted by atomic mass is 16.5. The Morgan fingerprint density at radius 3 is 2.46 bits per heavy atom. The summed E-state index contributed by atoms with van der Waals surface area (Å²) in [5.41, 5.74) is 0. The van der Waals surface area contributed by atoms with Crippen LogP contribution in [0, 0.1) is 11.8 Å². The molecule has 0 aromatic carbocycles. The van der Waals surface area contributed by atoms with Crippen molar-refractivity contribution in [3.8, 4) is 0 Å². The maximum Gasteiger partial charge on any atom is 0.317 e. The first-order valence-electron chi connectivity index (χ1n) is 10.6. The van der Waals surface area contributed by atoms with Crippen LogP contribution in [-0.4, -0.2) is 67.2 Å². The number of likely N-dealkylation sites (tertiary alicyclic amines) is 2. The summed E-state index contributed by atoms with van der Waals surface area (Å²) in [6.45, 7) is 6.51. The van der Waals surface area contributed by atoms with Crippen molar-refractivity contribution in [2.24, 2.45) is 11.8 Å². The Morgan fingerprint density at radius 2 is 1.69 bits per heavy atom. The van der Waals surface area contributed by atoms with E-state index >= 15 is 0 Å². The Labute approximate surface area is 157 Å². The number of hydrogen-bond acceptors (Lipinski definition) is 3. The summed E-state index contributed by atoms with van der Waals surface area (Å²) in [6, 6.07) is 0.363. The van der Waals surface area contributed by atoms with Gasteiger partial charge in [-0.2, -0.15) is 0 Å². The zero-order valence-corrected chi connectivity index (χ0v) is 16.3. The van der Waals surface area contributed by atoms with Gasteiger partial charge in [-0.1, -0.05) is 12.8 Å². The molecule has 3 fully saturated rings. The molecule has 2 unspecified atom stereocenters. The predicted octanol–water partition coefficient (Wildman–Crippen LogP) is 2.63. The first-order valence-corrected chi connectivity index (χ1v) is 10.6. The second-order valence-corrected chi connectivity index (χ2v) is 8.17. The van der Waals surface area contributed by atoms with Crippen LogP contribution in [0.15, 0.2) is 0 Å². The molecule has 3 aliphatic rings. The third kappa shape index (κ3) is 5.12. The lowest BCUT2D eigenvalue weighted by Gasteiger charge is -2.38. The smallest absolute Gasteiger partial charge is 0.317 e. The van der Waals surface area contributed by atoms with Crippen molar-refractivity contribution in [1.29, 1.82) is 0 Å². The van der Waals surface area contributed by atoms with Gasteiger partial charge < -0.3 is 19.9 Å². The fourth-order valence-electron chi connectivity index (χ4n) is 4.64. The lowest BCUT2D eigenvalue weighted by Crippen LogP contribution is -2.52. The quantitative estimate of drug-likeness (QED) is 0.815. The van der Waals surface area contributed by atoms with Gasteiger partial charge in [-0.25, -0.2) is 4.79 Å². The molecule has 2 heterocycles. The molecule has 0 aromatic heterocycles. The van der Waals surface area contributed by atoms with Gasteiger partial charge >= 0.3 is 6.03 Å².